The van der Waals surface area contributed by atoms with Gasteiger partial charge in [0.1, 0.15) is 12.4 Å². The van der Waals surface area contributed by atoms with Crippen molar-refractivity contribution in [1.29, 1.82) is 0 Å². The number of benzene rings is 2. The molecule has 2 aromatic carbocycles. The lowest BCUT2D eigenvalue weighted by molar-refractivity contribution is 0.304. The van der Waals surface area contributed by atoms with Crippen LogP contribution in [-0.4, -0.2) is 6.04 Å². The maximum absolute atomic E-state index is 5.97. The third-order valence-electron chi connectivity index (χ3n) is 4.14. The van der Waals surface area contributed by atoms with E-state index in [2.05, 4.69) is 51.6 Å². The Morgan fingerprint density at radius 3 is 2.55 bits per heavy atom. The van der Waals surface area contributed by atoms with Crippen LogP contribution in [0.3, 0.4) is 0 Å². The molecule has 3 rings (SSSR count). The largest absolute Gasteiger partial charge is 0.488 e. The van der Waals surface area contributed by atoms with Gasteiger partial charge in [-0.2, -0.15) is 0 Å². The number of rotatable bonds is 5. The number of hydrogen-bond acceptors (Lipinski definition) is 2. The van der Waals surface area contributed by atoms with Gasteiger partial charge in [-0.15, -0.1) is 0 Å². The van der Waals surface area contributed by atoms with Crippen LogP contribution in [0.1, 0.15) is 37.7 Å². The topological polar surface area (TPSA) is 21.3 Å². The van der Waals surface area contributed by atoms with Crippen LogP contribution in [0.4, 0.5) is 5.69 Å². The van der Waals surface area contributed by atoms with Crippen LogP contribution in [0.15, 0.2) is 53.0 Å². The van der Waals surface area contributed by atoms with E-state index >= 15 is 0 Å². The van der Waals surface area contributed by atoms with Crippen LogP contribution in [0.2, 0.25) is 0 Å². The molecule has 2 aromatic rings. The van der Waals surface area contributed by atoms with E-state index in [0.717, 1.165) is 15.9 Å². The van der Waals surface area contributed by atoms with Gasteiger partial charge in [-0.05, 0) is 46.5 Å². The lowest BCUT2D eigenvalue weighted by atomic mass is 9.95. The molecule has 22 heavy (non-hydrogen) atoms. The molecule has 1 aliphatic rings. The molecule has 0 aliphatic heterocycles. The minimum absolute atomic E-state index is 0.590. The molecular formula is C19H22BrNO. The molecular weight excluding hydrogens is 338 g/mol. The maximum atomic E-state index is 5.97. The first kappa shape index (κ1) is 15.4. The summed E-state index contributed by atoms with van der Waals surface area (Å²) in [4.78, 5) is 0. The van der Waals surface area contributed by atoms with E-state index in [1.54, 1.807) is 0 Å². The third kappa shape index (κ3) is 4.26. The van der Waals surface area contributed by atoms with E-state index in [-0.39, 0.29) is 0 Å². The van der Waals surface area contributed by atoms with Gasteiger partial charge < -0.3 is 10.1 Å². The summed E-state index contributed by atoms with van der Waals surface area (Å²) in [5.41, 5.74) is 2.33. The Labute approximate surface area is 141 Å². The Hall–Kier alpha value is -1.48. The van der Waals surface area contributed by atoms with Gasteiger partial charge in [0.25, 0.3) is 0 Å². The lowest BCUT2D eigenvalue weighted by Crippen LogP contribution is -2.22. The van der Waals surface area contributed by atoms with Crippen LogP contribution >= 0.6 is 15.9 Å². The minimum atomic E-state index is 0.590. The monoisotopic (exact) mass is 359 g/mol. The van der Waals surface area contributed by atoms with Gasteiger partial charge in [-0.1, -0.05) is 49.6 Å². The maximum Gasteiger partial charge on any atom is 0.136 e. The highest BCUT2D eigenvalue weighted by Gasteiger charge is 2.13. The van der Waals surface area contributed by atoms with Gasteiger partial charge in [0.05, 0.1) is 4.47 Å². The highest BCUT2D eigenvalue weighted by atomic mass is 79.9. The summed E-state index contributed by atoms with van der Waals surface area (Å²) in [6.07, 6.45) is 6.60. The molecule has 0 saturated heterocycles. The molecule has 116 valence electrons. The Balaban J connectivity index is 1.64. The van der Waals surface area contributed by atoms with E-state index in [4.69, 9.17) is 4.74 Å². The standard InChI is InChI=1S/C19H22BrNO/c20-18-12-11-17(21-16-9-5-2-6-10-16)13-19(18)22-14-15-7-3-1-4-8-15/h1,3-4,7-8,11-13,16,21H,2,5-6,9-10,14H2. The van der Waals surface area contributed by atoms with Crippen LogP contribution in [0.25, 0.3) is 0 Å². The van der Waals surface area contributed by atoms with Gasteiger partial charge in [0.2, 0.25) is 0 Å². The quantitative estimate of drug-likeness (QED) is 0.731. The summed E-state index contributed by atoms with van der Waals surface area (Å²) < 4.78 is 6.96. The second kappa shape index (κ2) is 7.68. The van der Waals surface area contributed by atoms with Crippen molar-refractivity contribution in [1.82, 2.24) is 0 Å². The fourth-order valence-corrected chi connectivity index (χ4v) is 3.28. The lowest BCUT2D eigenvalue weighted by Gasteiger charge is -2.24. The SMILES string of the molecule is Brc1ccc(NC2CCCCC2)cc1OCc1ccccc1. The zero-order chi connectivity index (χ0) is 15.2. The fourth-order valence-electron chi connectivity index (χ4n) is 2.92. The van der Waals surface area contributed by atoms with E-state index < -0.39 is 0 Å². The molecule has 1 saturated carbocycles. The van der Waals surface area contributed by atoms with Gasteiger partial charge in [0, 0.05) is 17.8 Å². The molecule has 0 aromatic heterocycles. The van der Waals surface area contributed by atoms with Crippen LogP contribution in [-0.2, 0) is 6.61 Å². The summed E-state index contributed by atoms with van der Waals surface area (Å²) in [6, 6.07) is 17.1. The predicted octanol–water partition coefficient (Wildman–Crippen LogP) is 5.77. The Morgan fingerprint density at radius 1 is 1.00 bits per heavy atom. The molecule has 0 radical (unpaired) electrons. The van der Waals surface area contributed by atoms with E-state index in [1.807, 2.05) is 18.2 Å². The first-order valence-electron chi connectivity index (χ1n) is 8.04. The van der Waals surface area contributed by atoms with Crippen LogP contribution < -0.4 is 10.1 Å². The normalized spacial score (nSPS) is 15.5. The molecule has 1 fully saturated rings. The molecule has 2 nitrogen and oxygen atoms in total. The first-order valence-corrected chi connectivity index (χ1v) is 8.83. The zero-order valence-electron chi connectivity index (χ0n) is 12.7. The van der Waals surface area contributed by atoms with Crippen molar-refractivity contribution in [3.8, 4) is 5.75 Å². The Kier molecular flexibility index (Phi) is 5.38. The summed E-state index contributed by atoms with van der Waals surface area (Å²) in [5.74, 6) is 0.893. The second-order valence-electron chi connectivity index (χ2n) is 5.90. The molecule has 0 heterocycles. The average molecular weight is 360 g/mol. The zero-order valence-corrected chi connectivity index (χ0v) is 14.3. The molecule has 0 amide bonds. The van der Waals surface area contributed by atoms with Crippen molar-refractivity contribution in [2.45, 2.75) is 44.8 Å². The Bertz CT molecular complexity index is 594. The van der Waals surface area contributed by atoms with Crippen molar-refractivity contribution < 1.29 is 4.74 Å². The summed E-state index contributed by atoms with van der Waals surface area (Å²) in [5, 5.41) is 3.65. The molecule has 0 spiro atoms. The van der Waals surface area contributed by atoms with Crippen molar-refractivity contribution in [2.75, 3.05) is 5.32 Å². The molecule has 1 N–H and O–H groups in total. The summed E-state index contributed by atoms with van der Waals surface area (Å²) >= 11 is 3.58. The molecule has 0 unspecified atom stereocenters. The second-order valence-corrected chi connectivity index (χ2v) is 6.75. The van der Waals surface area contributed by atoms with Gasteiger partial charge in [-0.3, -0.25) is 0 Å². The van der Waals surface area contributed by atoms with Crippen molar-refractivity contribution in [2.24, 2.45) is 0 Å². The molecule has 0 atom stereocenters. The summed E-state index contributed by atoms with van der Waals surface area (Å²) in [6.45, 7) is 0.590. The fraction of sp³-hybridized carbons (Fsp3) is 0.368. The number of anilines is 1. The van der Waals surface area contributed by atoms with E-state index in [9.17, 15) is 0 Å². The van der Waals surface area contributed by atoms with Gasteiger partial charge in [0.15, 0.2) is 0 Å². The number of halogens is 1. The van der Waals surface area contributed by atoms with E-state index in [1.165, 1.54) is 37.7 Å². The van der Waals surface area contributed by atoms with Gasteiger partial charge in [-0.25, -0.2) is 0 Å². The summed E-state index contributed by atoms with van der Waals surface area (Å²) in [7, 11) is 0. The van der Waals surface area contributed by atoms with Crippen molar-refractivity contribution in [3.05, 3.63) is 58.6 Å². The van der Waals surface area contributed by atoms with Crippen LogP contribution in [0.5, 0.6) is 5.75 Å². The highest BCUT2D eigenvalue weighted by Crippen LogP contribution is 2.30. The molecule has 1 aliphatic carbocycles. The van der Waals surface area contributed by atoms with E-state index in [0.29, 0.717) is 12.6 Å². The predicted molar refractivity (Wildman–Crippen MR) is 95.4 cm³/mol. The third-order valence-corrected chi connectivity index (χ3v) is 4.80. The minimum Gasteiger partial charge on any atom is -0.488 e. The van der Waals surface area contributed by atoms with Crippen LogP contribution in [0, 0.1) is 0 Å². The number of hydrogen-bond donors (Lipinski definition) is 1. The van der Waals surface area contributed by atoms with Crippen molar-refractivity contribution in [3.63, 3.8) is 0 Å². The number of nitrogens with one attached hydrogen (secondary N) is 1. The first-order chi connectivity index (χ1) is 10.8. The highest BCUT2D eigenvalue weighted by molar-refractivity contribution is 9.10. The average Bonchev–Trinajstić information content (AvgIpc) is 2.57. The van der Waals surface area contributed by atoms with Crippen molar-refractivity contribution >= 4 is 21.6 Å². The molecule has 3 heteroatoms. The van der Waals surface area contributed by atoms with Gasteiger partial charge >= 0.3 is 0 Å². The smallest absolute Gasteiger partial charge is 0.136 e. The number of ether oxygens (including phenoxy) is 1. The molecule has 0 bridgehead atoms. The Morgan fingerprint density at radius 2 is 1.77 bits per heavy atom.